The number of carbonyl (C=O) groups excluding carboxylic acids is 1. The normalized spacial score (nSPS) is 35.9. The van der Waals surface area contributed by atoms with E-state index in [9.17, 15) is 9.90 Å². The number of aliphatic hydroxyl groups excluding tert-OH is 1. The van der Waals surface area contributed by atoms with Crippen LogP contribution in [-0.4, -0.2) is 49.5 Å². The summed E-state index contributed by atoms with van der Waals surface area (Å²) in [6, 6.07) is 0.128. The molecular weight excluding hydrogens is 232 g/mol. The van der Waals surface area contributed by atoms with Crippen molar-refractivity contribution in [2.24, 2.45) is 11.8 Å². The van der Waals surface area contributed by atoms with E-state index in [4.69, 9.17) is 4.74 Å². The number of nitrogens with one attached hydrogen (secondary N) is 2. The highest BCUT2D eigenvalue weighted by Crippen LogP contribution is 2.25. The first-order valence-electron chi connectivity index (χ1n) is 6.99. The fourth-order valence-corrected chi connectivity index (χ4v) is 2.89. The lowest BCUT2D eigenvalue weighted by Crippen LogP contribution is -2.45. The van der Waals surface area contributed by atoms with Crippen LogP contribution in [0.3, 0.4) is 0 Å². The van der Waals surface area contributed by atoms with Crippen molar-refractivity contribution in [2.45, 2.75) is 38.3 Å². The van der Waals surface area contributed by atoms with Crippen LogP contribution < -0.4 is 10.6 Å². The zero-order chi connectivity index (χ0) is 13.0. The van der Waals surface area contributed by atoms with Crippen molar-refractivity contribution in [1.29, 1.82) is 0 Å². The Kier molecular flexibility index (Phi) is 4.97. The molecule has 1 aliphatic carbocycles. The first kappa shape index (κ1) is 13.8. The number of rotatable bonds is 5. The second kappa shape index (κ2) is 6.50. The molecule has 0 aromatic rings. The predicted molar refractivity (Wildman–Crippen MR) is 68.1 cm³/mol. The zero-order valence-corrected chi connectivity index (χ0v) is 11.0. The van der Waals surface area contributed by atoms with Crippen molar-refractivity contribution in [3.63, 3.8) is 0 Å². The number of amides is 1. The van der Waals surface area contributed by atoms with Gasteiger partial charge in [-0.3, -0.25) is 4.79 Å². The largest absolute Gasteiger partial charge is 0.393 e. The van der Waals surface area contributed by atoms with Gasteiger partial charge in [0.2, 0.25) is 5.91 Å². The first-order chi connectivity index (χ1) is 8.72. The van der Waals surface area contributed by atoms with Crippen LogP contribution in [0, 0.1) is 11.8 Å². The van der Waals surface area contributed by atoms with Gasteiger partial charge in [0.25, 0.3) is 0 Å². The highest BCUT2D eigenvalue weighted by Gasteiger charge is 2.34. The Morgan fingerprint density at radius 3 is 2.89 bits per heavy atom. The van der Waals surface area contributed by atoms with Gasteiger partial charge in [-0.15, -0.1) is 0 Å². The maximum absolute atomic E-state index is 12.1. The molecule has 1 heterocycles. The standard InChI is InChI=1S/C13H24N2O3/c1-2-14-11-8-18-7-10(11)13(17)15-6-9-4-3-5-12(9)16/h9-12,14,16H,2-8H2,1H3,(H,15,17). The Morgan fingerprint density at radius 2 is 2.22 bits per heavy atom. The average molecular weight is 256 g/mol. The third kappa shape index (κ3) is 3.22. The Hall–Kier alpha value is -0.650. The molecule has 2 fully saturated rings. The molecule has 3 N–H and O–H groups in total. The Morgan fingerprint density at radius 1 is 1.39 bits per heavy atom. The minimum Gasteiger partial charge on any atom is -0.393 e. The molecule has 0 bridgehead atoms. The first-order valence-corrected chi connectivity index (χ1v) is 6.99. The van der Waals surface area contributed by atoms with Gasteiger partial charge in [-0.2, -0.15) is 0 Å². The number of ether oxygens (including phenoxy) is 1. The van der Waals surface area contributed by atoms with Crippen molar-refractivity contribution >= 4 is 5.91 Å². The molecule has 5 heteroatoms. The lowest BCUT2D eigenvalue weighted by Gasteiger charge is -2.20. The number of likely N-dealkylation sites (N-methyl/N-ethyl adjacent to an activating group) is 1. The summed E-state index contributed by atoms with van der Waals surface area (Å²) in [7, 11) is 0. The topological polar surface area (TPSA) is 70.6 Å². The van der Waals surface area contributed by atoms with Crippen molar-refractivity contribution < 1.29 is 14.6 Å². The third-order valence-corrected chi connectivity index (χ3v) is 4.04. The van der Waals surface area contributed by atoms with Crippen molar-refractivity contribution in [1.82, 2.24) is 10.6 Å². The highest BCUT2D eigenvalue weighted by atomic mass is 16.5. The van der Waals surface area contributed by atoms with Crippen molar-refractivity contribution in [2.75, 3.05) is 26.3 Å². The van der Waals surface area contributed by atoms with E-state index in [1.165, 1.54) is 0 Å². The van der Waals surface area contributed by atoms with E-state index in [0.717, 1.165) is 25.8 Å². The van der Waals surface area contributed by atoms with Crippen LogP contribution in [0.2, 0.25) is 0 Å². The van der Waals surface area contributed by atoms with E-state index in [1.54, 1.807) is 0 Å². The summed E-state index contributed by atoms with van der Waals surface area (Å²) in [5.41, 5.74) is 0. The van der Waals surface area contributed by atoms with Gasteiger partial charge in [0.1, 0.15) is 0 Å². The van der Waals surface area contributed by atoms with Gasteiger partial charge < -0.3 is 20.5 Å². The summed E-state index contributed by atoms with van der Waals surface area (Å²) in [6.45, 7) is 4.57. The minimum absolute atomic E-state index is 0.0533. The fraction of sp³-hybridized carbons (Fsp3) is 0.923. The van der Waals surface area contributed by atoms with Gasteiger partial charge >= 0.3 is 0 Å². The van der Waals surface area contributed by atoms with Crippen molar-refractivity contribution in [3.8, 4) is 0 Å². The molecule has 1 saturated carbocycles. The van der Waals surface area contributed by atoms with Crippen LogP contribution in [0.1, 0.15) is 26.2 Å². The molecule has 0 aromatic carbocycles. The van der Waals surface area contributed by atoms with Gasteiger partial charge in [0.15, 0.2) is 0 Å². The summed E-state index contributed by atoms with van der Waals surface area (Å²) in [6.07, 6.45) is 2.70. The van der Waals surface area contributed by atoms with Crippen molar-refractivity contribution in [3.05, 3.63) is 0 Å². The zero-order valence-electron chi connectivity index (χ0n) is 11.0. The lowest BCUT2D eigenvalue weighted by atomic mass is 10.0. The van der Waals surface area contributed by atoms with E-state index >= 15 is 0 Å². The Balaban J connectivity index is 1.76. The van der Waals surface area contributed by atoms with Crippen LogP contribution >= 0.6 is 0 Å². The molecule has 2 rings (SSSR count). The molecule has 4 unspecified atom stereocenters. The maximum Gasteiger partial charge on any atom is 0.227 e. The molecule has 4 atom stereocenters. The molecule has 5 nitrogen and oxygen atoms in total. The summed E-state index contributed by atoms with van der Waals surface area (Å²) >= 11 is 0. The Labute approximate surface area is 108 Å². The number of aliphatic hydroxyl groups is 1. The van der Waals surface area contributed by atoms with E-state index in [0.29, 0.717) is 19.8 Å². The van der Waals surface area contributed by atoms with Crippen LogP contribution in [0.4, 0.5) is 0 Å². The molecule has 0 aromatic heterocycles. The van der Waals surface area contributed by atoms with Crippen LogP contribution in [0.15, 0.2) is 0 Å². The predicted octanol–water partition coefficient (Wildman–Crippen LogP) is -0.112. The Bertz CT molecular complexity index is 285. The molecule has 0 radical (unpaired) electrons. The summed E-state index contributed by atoms with van der Waals surface area (Å²) in [4.78, 5) is 12.1. The SMILES string of the molecule is CCNC1COCC1C(=O)NCC1CCCC1O. The van der Waals surface area contributed by atoms with Gasteiger partial charge in [0.05, 0.1) is 25.2 Å². The molecule has 2 aliphatic rings. The summed E-state index contributed by atoms with van der Waals surface area (Å²) in [5.74, 6) is 0.190. The number of hydrogen-bond donors (Lipinski definition) is 3. The van der Waals surface area contributed by atoms with Crippen LogP contribution in [0.25, 0.3) is 0 Å². The summed E-state index contributed by atoms with van der Waals surface area (Å²) < 4.78 is 5.36. The number of hydrogen-bond acceptors (Lipinski definition) is 4. The molecule has 18 heavy (non-hydrogen) atoms. The molecule has 1 aliphatic heterocycles. The second-order valence-corrected chi connectivity index (χ2v) is 5.31. The molecule has 1 amide bonds. The van der Waals surface area contributed by atoms with Crippen LogP contribution in [0.5, 0.6) is 0 Å². The van der Waals surface area contributed by atoms with E-state index in [-0.39, 0.29) is 29.9 Å². The monoisotopic (exact) mass is 256 g/mol. The fourth-order valence-electron chi connectivity index (χ4n) is 2.89. The van der Waals surface area contributed by atoms with E-state index in [2.05, 4.69) is 10.6 Å². The van der Waals surface area contributed by atoms with Gasteiger partial charge in [-0.05, 0) is 19.4 Å². The molecule has 1 saturated heterocycles. The molecular formula is C13H24N2O3. The number of carbonyl (C=O) groups is 1. The van der Waals surface area contributed by atoms with E-state index < -0.39 is 0 Å². The second-order valence-electron chi connectivity index (χ2n) is 5.31. The summed E-state index contributed by atoms with van der Waals surface area (Å²) in [5, 5.41) is 16.0. The minimum atomic E-state index is -0.241. The average Bonchev–Trinajstić information content (AvgIpc) is 2.96. The maximum atomic E-state index is 12.1. The molecule has 104 valence electrons. The lowest BCUT2D eigenvalue weighted by molar-refractivity contribution is -0.125. The van der Waals surface area contributed by atoms with Crippen LogP contribution in [-0.2, 0) is 9.53 Å². The molecule has 0 spiro atoms. The quantitative estimate of drug-likeness (QED) is 0.642. The van der Waals surface area contributed by atoms with Gasteiger partial charge in [0, 0.05) is 18.5 Å². The third-order valence-electron chi connectivity index (χ3n) is 4.04. The van der Waals surface area contributed by atoms with Gasteiger partial charge in [-0.25, -0.2) is 0 Å². The van der Waals surface area contributed by atoms with Gasteiger partial charge in [-0.1, -0.05) is 13.3 Å². The van der Waals surface area contributed by atoms with E-state index in [1.807, 2.05) is 6.92 Å². The highest BCUT2D eigenvalue weighted by molar-refractivity contribution is 5.79. The smallest absolute Gasteiger partial charge is 0.227 e.